The molecule has 0 unspecified atom stereocenters. The first-order valence-electron chi connectivity index (χ1n) is 4.40. The average molecular weight is 592 g/mol. The van der Waals surface area contributed by atoms with Crippen LogP contribution >= 0.6 is 162 Å². The SMILES string of the molecule is ClC(Cl)=C(Cl)C(Cl)=C(Cl)C(Cl)(Cl)C(Cl)(Cl)C(Cl)(Cl)C(Cl)(Cl)Cl. The summed E-state index contributed by atoms with van der Waals surface area (Å²) in [6, 6.07) is 0. The van der Waals surface area contributed by atoms with E-state index in [1.165, 1.54) is 0 Å². The van der Waals surface area contributed by atoms with E-state index in [-0.39, 0.29) is 0 Å². The molecule has 0 aliphatic carbocycles. The minimum Gasteiger partial charge on any atom is -0.0943 e. The van der Waals surface area contributed by atoms with Gasteiger partial charge in [-0.2, -0.15) is 0 Å². The Kier molecular flexibility index (Phi) is 10.1. The van der Waals surface area contributed by atoms with E-state index in [0.29, 0.717) is 0 Å². The van der Waals surface area contributed by atoms with Crippen LogP contribution < -0.4 is 0 Å². The Morgan fingerprint density at radius 1 is 0.500 bits per heavy atom. The van der Waals surface area contributed by atoms with Gasteiger partial charge in [0.15, 0.2) is 8.67 Å². The monoisotopic (exact) mass is 586 g/mol. The second kappa shape index (κ2) is 8.70. The topological polar surface area (TPSA) is 0 Å². The first kappa shape index (κ1) is 25.5. The molecule has 0 atom stereocenters. The zero-order chi connectivity index (χ0) is 18.3. The number of halogens is 14. The molecule has 0 aromatic carbocycles. The van der Waals surface area contributed by atoms with Crippen LogP contribution in [0.2, 0.25) is 0 Å². The molecule has 0 nitrogen and oxygen atoms in total. The first-order chi connectivity index (χ1) is 9.43. The highest BCUT2D eigenvalue weighted by molar-refractivity contribution is 6.81. The molecule has 0 radical (unpaired) electrons. The lowest BCUT2D eigenvalue weighted by atomic mass is 10.2. The predicted molar refractivity (Wildman–Crippen MR) is 107 cm³/mol. The molecule has 0 N–H and O–H groups in total. The fraction of sp³-hybridized carbons (Fsp3) is 0.500. The van der Waals surface area contributed by atoms with Crippen LogP contribution in [0.4, 0.5) is 0 Å². The third-order valence-electron chi connectivity index (χ3n) is 1.97. The summed E-state index contributed by atoms with van der Waals surface area (Å²) < 4.78 is -10.4. The molecule has 0 bridgehead atoms. The summed E-state index contributed by atoms with van der Waals surface area (Å²) in [5.74, 6) is 0. The van der Waals surface area contributed by atoms with Gasteiger partial charge in [-0.05, 0) is 0 Å². The largest absolute Gasteiger partial charge is 0.226 e. The molecule has 0 aromatic heterocycles. The minimum absolute atomic E-state index is 0.395. The van der Waals surface area contributed by atoms with Crippen molar-refractivity contribution in [2.45, 2.75) is 16.8 Å². The maximum atomic E-state index is 6.03. The van der Waals surface area contributed by atoms with Crippen LogP contribution in [0.15, 0.2) is 19.6 Å². The number of allylic oxidation sites excluding steroid dienone is 3. The van der Waals surface area contributed by atoms with Crippen molar-refractivity contribution in [2.24, 2.45) is 0 Å². The van der Waals surface area contributed by atoms with E-state index in [9.17, 15) is 0 Å². The summed E-state index contributed by atoms with van der Waals surface area (Å²) in [6.07, 6.45) is 0. The average Bonchev–Trinajstić information content (AvgIpc) is 2.33. The number of rotatable bonds is 4. The minimum atomic E-state index is -2.58. The van der Waals surface area contributed by atoms with Gasteiger partial charge in [-0.1, -0.05) is 162 Å². The van der Waals surface area contributed by atoms with Gasteiger partial charge < -0.3 is 0 Å². The molecule has 0 rings (SSSR count). The maximum absolute atomic E-state index is 6.03. The van der Waals surface area contributed by atoms with Crippen molar-refractivity contribution in [1.82, 2.24) is 0 Å². The van der Waals surface area contributed by atoms with E-state index in [1.54, 1.807) is 0 Å². The van der Waals surface area contributed by atoms with Gasteiger partial charge in [-0.3, -0.25) is 0 Å². The molecule has 0 heterocycles. The van der Waals surface area contributed by atoms with Crippen molar-refractivity contribution in [3.63, 3.8) is 0 Å². The quantitative estimate of drug-likeness (QED) is 0.225. The Hall–Kier alpha value is 3.54. The summed E-state index contributed by atoms with van der Waals surface area (Å²) in [5.41, 5.74) is 0. The van der Waals surface area contributed by atoms with Crippen LogP contribution in [0.25, 0.3) is 0 Å². The second-order valence-corrected chi connectivity index (χ2v) is 11.8. The molecule has 0 saturated carbocycles. The molecule has 0 aliphatic heterocycles. The zero-order valence-electron chi connectivity index (χ0n) is 9.29. The van der Waals surface area contributed by atoms with Gasteiger partial charge in [0.1, 0.15) is 4.49 Å². The second-order valence-electron chi connectivity index (χ2n) is 3.42. The highest BCUT2D eigenvalue weighted by atomic mass is 35.6. The van der Waals surface area contributed by atoms with Crippen molar-refractivity contribution in [2.75, 3.05) is 0 Å². The van der Waals surface area contributed by atoms with E-state index in [2.05, 4.69) is 0 Å². The molecular weight excluding hydrogens is 592 g/mol. The van der Waals surface area contributed by atoms with Crippen LogP contribution in [-0.4, -0.2) is 16.8 Å². The van der Waals surface area contributed by atoms with Gasteiger partial charge >= 0.3 is 0 Å². The molecule has 0 spiro atoms. The molecule has 0 fully saturated rings. The summed E-state index contributed by atoms with van der Waals surface area (Å²) in [6.45, 7) is 0. The Balaban J connectivity index is 6.25. The lowest BCUT2D eigenvalue weighted by molar-refractivity contribution is 0.636. The normalized spacial score (nSPS) is 15.5. The van der Waals surface area contributed by atoms with Crippen LogP contribution in [0.1, 0.15) is 0 Å². The number of alkyl halides is 9. The summed E-state index contributed by atoms with van der Waals surface area (Å²) >= 11 is 81.2. The van der Waals surface area contributed by atoms with E-state index in [0.717, 1.165) is 0 Å². The van der Waals surface area contributed by atoms with E-state index >= 15 is 0 Å². The smallest absolute Gasteiger partial charge is 0.0943 e. The molecule has 0 saturated heterocycles. The summed E-state index contributed by atoms with van der Waals surface area (Å²) in [7, 11) is 0. The van der Waals surface area contributed by atoms with Gasteiger partial charge in [0.05, 0.1) is 15.1 Å². The highest BCUT2D eigenvalue weighted by Gasteiger charge is 2.69. The van der Waals surface area contributed by atoms with Crippen molar-refractivity contribution < 1.29 is 0 Å². The predicted octanol–water partition coefficient (Wildman–Crippen LogP) is 9.45. The molecule has 14 heteroatoms. The Bertz CT molecular complexity index is 487. The van der Waals surface area contributed by atoms with Crippen LogP contribution in [0.3, 0.4) is 0 Å². The fourth-order valence-corrected chi connectivity index (χ4v) is 4.06. The molecule has 0 aliphatic rings. The van der Waals surface area contributed by atoms with Crippen molar-refractivity contribution in [3.8, 4) is 0 Å². The van der Waals surface area contributed by atoms with Gasteiger partial charge in [0.25, 0.3) is 0 Å². The first-order valence-corrected chi connectivity index (χ1v) is 9.69. The van der Waals surface area contributed by atoms with Gasteiger partial charge in [0, 0.05) is 0 Å². The van der Waals surface area contributed by atoms with Crippen molar-refractivity contribution >= 4 is 162 Å². The number of hydrogen-bond donors (Lipinski definition) is 0. The summed E-state index contributed by atoms with van der Waals surface area (Å²) in [4.78, 5) is 0. The molecule has 0 amide bonds. The molecule has 0 aromatic rings. The maximum Gasteiger partial charge on any atom is 0.226 e. The Morgan fingerprint density at radius 2 is 0.864 bits per heavy atom. The molecule has 130 valence electrons. The Labute approximate surface area is 196 Å². The van der Waals surface area contributed by atoms with Crippen molar-refractivity contribution in [3.05, 3.63) is 19.6 Å². The number of hydrogen-bond acceptors (Lipinski definition) is 0. The van der Waals surface area contributed by atoms with Gasteiger partial charge in [0.2, 0.25) is 8.13 Å². The lowest BCUT2D eigenvalue weighted by Gasteiger charge is -2.43. The fourth-order valence-electron chi connectivity index (χ4n) is 0.830. The molecular formula is C8Cl14. The molecule has 22 heavy (non-hydrogen) atoms. The van der Waals surface area contributed by atoms with Crippen LogP contribution in [-0.2, 0) is 0 Å². The van der Waals surface area contributed by atoms with E-state index < -0.39 is 36.4 Å². The zero-order valence-corrected chi connectivity index (χ0v) is 19.9. The van der Waals surface area contributed by atoms with E-state index in [4.69, 9.17) is 162 Å². The van der Waals surface area contributed by atoms with Gasteiger partial charge in [-0.15, -0.1) is 0 Å². The van der Waals surface area contributed by atoms with Crippen LogP contribution in [0.5, 0.6) is 0 Å². The van der Waals surface area contributed by atoms with E-state index in [1.807, 2.05) is 0 Å². The van der Waals surface area contributed by atoms with Crippen molar-refractivity contribution in [1.29, 1.82) is 0 Å². The highest BCUT2D eigenvalue weighted by Crippen LogP contribution is 2.65. The van der Waals surface area contributed by atoms with Gasteiger partial charge in [-0.25, -0.2) is 0 Å². The van der Waals surface area contributed by atoms with Crippen LogP contribution in [0, 0.1) is 0 Å². The third-order valence-corrected chi connectivity index (χ3v) is 9.58. The lowest BCUT2D eigenvalue weighted by Crippen LogP contribution is -2.56. The third kappa shape index (κ3) is 5.08. The Morgan fingerprint density at radius 3 is 1.14 bits per heavy atom. The standard InChI is InChI=1S/C8Cl14/c9-1(2(10)4(12)13)3(11)5(14,15)6(16,17)7(18,19)8(20,21)22. The summed E-state index contributed by atoms with van der Waals surface area (Å²) in [5, 5.41) is -1.49.